The van der Waals surface area contributed by atoms with Crippen LogP contribution in [0.15, 0.2) is 48.5 Å². The van der Waals surface area contributed by atoms with Crippen LogP contribution in [0, 0.1) is 0 Å². The van der Waals surface area contributed by atoms with Crippen molar-refractivity contribution < 1.29 is 13.2 Å². The Morgan fingerprint density at radius 1 is 0.900 bits per heavy atom. The highest BCUT2D eigenvalue weighted by molar-refractivity contribution is 6.17. The van der Waals surface area contributed by atoms with E-state index in [9.17, 15) is 13.2 Å². The summed E-state index contributed by atoms with van der Waals surface area (Å²) in [6.45, 7) is 0.329. The van der Waals surface area contributed by atoms with Crippen molar-refractivity contribution in [3.63, 3.8) is 0 Å². The highest BCUT2D eigenvalue weighted by atomic mass is 35.5. The molecule has 0 fully saturated rings. The number of para-hydroxylation sites is 1. The van der Waals surface area contributed by atoms with Crippen LogP contribution in [0.5, 0.6) is 0 Å². The maximum atomic E-state index is 12.8. The molecule has 1 nitrogen and oxygen atoms in total. The fourth-order valence-electron chi connectivity index (χ4n) is 1.83. The van der Waals surface area contributed by atoms with Gasteiger partial charge in [-0.05, 0) is 23.3 Å². The summed E-state index contributed by atoms with van der Waals surface area (Å²) in [5.74, 6) is 0.421. The third-order valence-corrected chi connectivity index (χ3v) is 3.20. The first-order chi connectivity index (χ1) is 9.50. The Hall–Kier alpha value is -1.68. The van der Waals surface area contributed by atoms with E-state index < -0.39 is 11.7 Å². The van der Waals surface area contributed by atoms with Crippen LogP contribution in [-0.2, 0) is 18.6 Å². The molecule has 0 saturated carbocycles. The summed E-state index contributed by atoms with van der Waals surface area (Å²) in [4.78, 5) is 0. The number of anilines is 1. The van der Waals surface area contributed by atoms with Crippen molar-refractivity contribution in [2.75, 3.05) is 5.32 Å². The van der Waals surface area contributed by atoms with Gasteiger partial charge in [-0.25, -0.2) is 0 Å². The van der Waals surface area contributed by atoms with Gasteiger partial charge in [0.1, 0.15) is 0 Å². The summed E-state index contributed by atoms with van der Waals surface area (Å²) in [7, 11) is 0. The van der Waals surface area contributed by atoms with Gasteiger partial charge in [0.2, 0.25) is 0 Å². The van der Waals surface area contributed by atoms with Crippen molar-refractivity contribution >= 4 is 17.3 Å². The Balaban J connectivity index is 2.10. The molecule has 106 valence electrons. The molecule has 1 N–H and O–H groups in total. The molecule has 0 spiro atoms. The Morgan fingerprint density at radius 2 is 1.50 bits per heavy atom. The standard InChI is InChI=1S/C15H13ClF3N/c16-9-11-5-7-12(8-6-11)10-20-14-4-2-1-3-13(14)15(17,18)19/h1-8,20H,9-10H2. The van der Waals surface area contributed by atoms with Gasteiger partial charge in [0, 0.05) is 18.1 Å². The number of rotatable bonds is 4. The molecule has 5 heteroatoms. The van der Waals surface area contributed by atoms with E-state index >= 15 is 0 Å². The van der Waals surface area contributed by atoms with Gasteiger partial charge in [-0.1, -0.05) is 36.4 Å². The quantitative estimate of drug-likeness (QED) is 0.778. The molecule has 0 atom stereocenters. The molecule has 0 bridgehead atoms. The molecular formula is C15H13ClF3N. The summed E-state index contributed by atoms with van der Waals surface area (Å²) in [5, 5.41) is 2.82. The number of hydrogen-bond donors (Lipinski definition) is 1. The molecule has 2 aromatic rings. The van der Waals surface area contributed by atoms with E-state index in [2.05, 4.69) is 5.32 Å². The Kier molecular flexibility index (Phi) is 4.55. The smallest absolute Gasteiger partial charge is 0.380 e. The van der Waals surface area contributed by atoms with Crippen LogP contribution < -0.4 is 5.32 Å². The molecule has 0 aliphatic heterocycles. The van der Waals surface area contributed by atoms with E-state index in [1.54, 1.807) is 6.07 Å². The van der Waals surface area contributed by atoms with E-state index in [0.717, 1.165) is 17.2 Å². The van der Waals surface area contributed by atoms with Gasteiger partial charge in [0.15, 0.2) is 0 Å². The number of alkyl halides is 4. The summed E-state index contributed by atoms with van der Waals surface area (Å²) in [6, 6.07) is 12.9. The molecule has 0 aliphatic rings. The number of nitrogens with one attached hydrogen (secondary N) is 1. The van der Waals surface area contributed by atoms with Crippen LogP contribution in [0.25, 0.3) is 0 Å². The van der Waals surface area contributed by atoms with Crippen molar-refractivity contribution in [3.8, 4) is 0 Å². The monoisotopic (exact) mass is 299 g/mol. The van der Waals surface area contributed by atoms with Crippen molar-refractivity contribution in [1.29, 1.82) is 0 Å². The molecule has 20 heavy (non-hydrogen) atoms. The molecule has 0 amide bonds. The van der Waals surface area contributed by atoms with Gasteiger partial charge in [-0.15, -0.1) is 11.6 Å². The predicted molar refractivity (Wildman–Crippen MR) is 74.8 cm³/mol. The van der Waals surface area contributed by atoms with E-state index in [1.165, 1.54) is 12.1 Å². The molecule has 0 aliphatic carbocycles. The van der Waals surface area contributed by atoms with Gasteiger partial charge in [0.05, 0.1) is 5.56 Å². The lowest BCUT2D eigenvalue weighted by atomic mass is 10.1. The lowest BCUT2D eigenvalue weighted by Crippen LogP contribution is -2.10. The number of halogens is 4. The largest absolute Gasteiger partial charge is 0.418 e. The molecule has 0 aromatic heterocycles. The molecular weight excluding hydrogens is 287 g/mol. The van der Waals surface area contributed by atoms with Crippen LogP contribution in [0.3, 0.4) is 0 Å². The molecule has 2 rings (SSSR count). The zero-order valence-electron chi connectivity index (χ0n) is 10.5. The second-order valence-electron chi connectivity index (χ2n) is 4.35. The predicted octanol–water partition coefficient (Wildman–Crippen LogP) is 5.06. The summed E-state index contributed by atoms with van der Waals surface area (Å²) < 4.78 is 38.5. The Bertz CT molecular complexity index is 564. The van der Waals surface area contributed by atoms with Gasteiger partial charge >= 0.3 is 6.18 Å². The molecule has 0 radical (unpaired) electrons. The van der Waals surface area contributed by atoms with Gasteiger partial charge in [0.25, 0.3) is 0 Å². The minimum Gasteiger partial charge on any atom is -0.380 e. The summed E-state index contributed by atoms with van der Waals surface area (Å²) in [6.07, 6.45) is -4.36. The number of benzene rings is 2. The van der Waals surface area contributed by atoms with Crippen molar-refractivity contribution in [2.24, 2.45) is 0 Å². The van der Waals surface area contributed by atoms with E-state index in [-0.39, 0.29) is 5.69 Å². The van der Waals surface area contributed by atoms with E-state index in [4.69, 9.17) is 11.6 Å². The highest BCUT2D eigenvalue weighted by Gasteiger charge is 2.32. The highest BCUT2D eigenvalue weighted by Crippen LogP contribution is 2.34. The Morgan fingerprint density at radius 3 is 2.10 bits per heavy atom. The topological polar surface area (TPSA) is 12.0 Å². The van der Waals surface area contributed by atoms with Gasteiger partial charge in [-0.2, -0.15) is 13.2 Å². The van der Waals surface area contributed by atoms with Crippen molar-refractivity contribution in [2.45, 2.75) is 18.6 Å². The minimum absolute atomic E-state index is 0.0846. The van der Waals surface area contributed by atoms with Crippen LogP contribution >= 0.6 is 11.6 Å². The third kappa shape index (κ3) is 3.67. The second-order valence-corrected chi connectivity index (χ2v) is 4.61. The average Bonchev–Trinajstić information content (AvgIpc) is 2.45. The summed E-state index contributed by atoms with van der Waals surface area (Å²) >= 11 is 5.68. The van der Waals surface area contributed by atoms with Gasteiger partial charge in [-0.3, -0.25) is 0 Å². The number of hydrogen-bond acceptors (Lipinski definition) is 1. The molecule has 0 heterocycles. The average molecular weight is 300 g/mol. The van der Waals surface area contributed by atoms with Crippen molar-refractivity contribution in [3.05, 3.63) is 65.2 Å². The lowest BCUT2D eigenvalue weighted by Gasteiger charge is -2.14. The summed E-state index contributed by atoms with van der Waals surface area (Å²) in [5.41, 5.74) is 1.31. The zero-order valence-corrected chi connectivity index (χ0v) is 11.3. The fourth-order valence-corrected chi connectivity index (χ4v) is 2.01. The first-order valence-electron chi connectivity index (χ1n) is 6.04. The Labute approximate surface area is 120 Å². The van der Waals surface area contributed by atoms with Crippen molar-refractivity contribution in [1.82, 2.24) is 0 Å². The first-order valence-corrected chi connectivity index (χ1v) is 6.58. The zero-order chi connectivity index (χ0) is 14.6. The first kappa shape index (κ1) is 14.7. The molecule has 0 unspecified atom stereocenters. The minimum atomic E-state index is -4.36. The van der Waals surface area contributed by atoms with Crippen LogP contribution in [0.2, 0.25) is 0 Å². The van der Waals surface area contributed by atoms with E-state index in [0.29, 0.717) is 12.4 Å². The van der Waals surface area contributed by atoms with Crippen LogP contribution in [0.4, 0.5) is 18.9 Å². The van der Waals surface area contributed by atoms with Crippen LogP contribution in [0.1, 0.15) is 16.7 Å². The van der Waals surface area contributed by atoms with Gasteiger partial charge < -0.3 is 5.32 Å². The third-order valence-electron chi connectivity index (χ3n) is 2.89. The molecule has 0 saturated heterocycles. The second kappa shape index (κ2) is 6.18. The van der Waals surface area contributed by atoms with E-state index in [1.807, 2.05) is 24.3 Å². The maximum absolute atomic E-state index is 12.8. The molecule has 2 aromatic carbocycles. The fraction of sp³-hybridized carbons (Fsp3) is 0.200. The lowest BCUT2D eigenvalue weighted by molar-refractivity contribution is -0.136. The maximum Gasteiger partial charge on any atom is 0.418 e. The normalized spacial score (nSPS) is 11.4. The van der Waals surface area contributed by atoms with Crippen LogP contribution in [-0.4, -0.2) is 0 Å². The SMILES string of the molecule is FC(F)(F)c1ccccc1NCc1ccc(CCl)cc1.